The van der Waals surface area contributed by atoms with Gasteiger partial charge in [-0.2, -0.15) is 0 Å². The second kappa shape index (κ2) is 9.23. The molecule has 0 aliphatic rings. The van der Waals surface area contributed by atoms with Gasteiger partial charge in [0.15, 0.2) is 16.6 Å². The normalized spacial score (nSPS) is 10.8. The van der Waals surface area contributed by atoms with E-state index < -0.39 is 5.82 Å². The van der Waals surface area contributed by atoms with E-state index in [1.807, 2.05) is 30.3 Å². The lowest BCUT2D eigenvalue weighted by Crippen LogP contribution is -2.30. The summed E-state index contributed by atoms with van der Waals surface area (Å²) < 4.78 is 31.1. The number of methoxy groups -OCH3 is 3. The van der Waals surface area contributed by atoms with E-state index >= 15 is 0 Å². The van der Waals surface area contributed by atoms with Crippen LogP contribution in [0.15, 0.2) is 60.7 Å². The predicted molar refractivity (Wildman–Crippen MR) is 123 cm³/mol. The summed E-state index contributed by atoms with van der Waals surface area (Å²) in [6.45, 7) is 0.262. The van der Waals surface area contributed by atoms with Gasteiger partial charge < -0.3 is 14.2 Å². The number of hydrogen-bond acceptors (Lipinski definition) is 6. The molecule has 1 aromatic heterocycles. The van der Waals surface area contributed by atoms with Crippen molar-refractivity contribution in [1.82, 2.24) is 4.98 Å². The molecule has 0 fully saturated rings. The molecule has 1 heterocycles. The lowest BCUT2D eigenvalue weighted by Gasteiger charge is -2.21. The second-order valence-electron chi connectivity index (χ2n) is 6.87. The van der Waals surface area contributed by atoms with E-state index in [1.165, 1.54) is 43.6 Å². The molecule has 0 radical (unpaired) electrons. The third-order valence-electron chi connectivity index (χ3n) is 4.93. The van der Waals surface area contributed by atoms with Gasteiger partial charge in [-0.1, -0.05) is 47.7 Å². The molecule has 32 heavy (non-hydrogen) atoms. The Morgan fingerprint density at radius 1 is 0.969 bits per heavy atom. The van der Waals surface area contributed by atoms with E-state index in [1.54, 1.807) is 24.3 Å². The summed E-state index contributed by atoms with van der Waals surface area (Å²) in [5, 5.41) is 0.396. The molecule has 0 N–H and O–H groups in total. The van der Waals surface area contributed by atoms with Gasteiger partial charge in [0, 0.05) is 5.56 Å². The van der Waals surface area contributed by atoms with Crippen LogP contribution in [0.1, 0.15) is 15.9 Å². The Balaban J connectivity index is 1.82. The molecule has 0 saturated carbocycles. The molecule has 8 heteroatoms. The van der Waals surface area contributed by atoms with Crippen LogP contribution in [-0.4, -0.2) is 32.2 Å². The minimum atomic E-state index is -0.426. The first-order valence-electron chi connectivity index (χ1n) is 9.76. The maximum Gasteiger partial charge on any atom is 0.260 e. The standard InChI is InChI=1S/C24H21FN2O4S/c1-29-18-12-16(13-19(30-2)22(18)31-3)23(28)27(14-15-8-5-4-6-9-15)24-26-21-17(25)10-7-11-20(21)32-24/h4-13H,14H2,1-3H3. The number of amides is 1. The van der Waals surface area contributed by atoms with Gasteiger partial charge in [-0.25, -0.2) is 9.37 Å². The molecule has 0 saturated heterocycles. The summed E-state index contributed by atoms with van der Waals surface area (Å²) in [4.78, 5) is 19.7. The number of carbonyl (C=O) groups excluding carboxylic acids is 1. The first-order valence-corrected chi connectivity index (χ1v) is 10.6. The third kappa shape index (κ3) is 4.09. The van der Waals surface area contributed by atoms with E-state index in [2.05, 4.69) is 4.98 Å². The molecule has 0 bridgehead atoms. The number of carbonyl (C=O) groups is 1. The summed E-state index contributed by atoms with van der Waals surface area (Å²) in [6.07, 6.45) is 0. The van der Waals surface area contributed by atoms with E-state index in [4.69, 9.17) is 14.2 Å². The number of aromatic nitrogens is 1. The number of anilines is 1. The quantitative estimate of drug-likeness (QED) is 0.380. The summed E-state index contributed by atoms with van der Waals surface area (Å²) >= 11 is 1.26. The molecular formula is C24H21FN2O4S. The highest BCUT2D eigenvalue weighted by atomic mass is 32.1. The minimum Gasteiger partial charge on any atom is -0.493 e. The maximum absolute atomic E-state index is 14.3. The average Bonchev–Trinajstić information content (AvgIpc) is 3.27. The fraction of sp³-hybridized carbons (Fsp3) is 0.167. The van der Waals surface area contributed by atoms with Gasteiger partial charge in [0.05, 0.1) is 32.6 Å². The van der Waals surface area contributed by atoms with Crippen LogP contribution < -0.4 is 19.1 Å². The molecular weight excluding hydrogens is 431 g/mol. The number of benzene rings is 3. The van der Waals surface area contributed by atoms with Crippen molar-refractivity contribution in [3.63, 3.8) is 0 Å². The molecule has 0 unspecified atom stereocenters. The lowest BCUT2D eigenvalue weighted by molar-refractivity contribution is 0.0984. The van der Waals surface area contributed by atoms with Crippen molar-refractivity contribution in [3.05, 3.63) is 77.6 Å². The molecule has 6 nitrogen and oxygen atoms in total. The molecule has 0 aliphatic carbocycles. The molecule has 4 rings (SSSR count). The Morgan fingerprint density at radius 3 is 2.25 bits per heavy atom. The van der Waals surface area contributed by atoms with Gasteiger partial charge in [-0.05, 0) is 29.8 Å². The number of hydrogen-bond donors (Lipinski definition) is 0. The summed E-state index contributed by atoms with van der Waals surface area (Å²) in [7, 11) is 4.48. The highest BCUT2D eigenvalue weighted by Crippen LogP contribution is 2.39. The van der Waals surface area contributed by atoms with Gasteiger partial charge in [-0.3, -0.25) is 9.69 Å². The van der Waals surface area contributed by atoms with Crippen LogP contribution in [0.4, 0.5) is 9.52 Å². The molecule has 3 aromatic carbocycles. The van der Waals surface area contributed by atoms with E-state index in [-0.39, 0.29) is 18.0 Å². The number of nitrogens with zero attached hydrogens (tertiary/aromatic N) is 2. The van der Waals surface area contributed by atoms with Crippen molar-refractivity contribution in [2.75, 3.05) is 26.2 Å². The summed E-state index contributed by atoms with van der Waals surface area (Å²) in [6, 6.07) is 17.5. The lowest BCUT2D eigenvalue weighted by atomic mass is 10.1. The predicted octanol–water partition coefficient (Wildman–Crippen LogP) is 5.31. The Morgan fingerprint density at radius 2 is 1.66 bits per heavy atom. The van der Waals surface area contributed by atoms with E-state index in [0.29, 0.717) is 32.6 Å². The Kier molecular flexibility index (Phi) is 6.23. The van der Waals surface area contributed by atoms with Gasteiger partial charge in [0.1, 0.15) is 11.3 Å². The Labute approximate surface area is 188 Å². The fourth-order valence-electron chi connectivity index (χ4n) is 3.37. The highest BCUT2D eigenvalue weighted by molar-refractivity contribution is 7.22. The van der Waals surface area contributed by atoms with Crippen molar-refractivity contribution < 1.29 is 23.4 Å². The molecule has 0 spiro atoms. The second-order valence-corrected chi connectivity index (χ2v) is 7.88. The number of fused-ring (bicyclic) bond motifs is 1. The first kappa shape index (κ1) is 21.6. The molecule has 0 atom stereocenters. The zero-order valence-electron chi connectivity index (χ0n) is 17.8. The number of rotatable bonds is 7. The largest absolute Gasteiger partial charge is 0.493 e. The Bertz CT molecular complexity index is 1230. The van der Waals surface area contributed by atoms with Gasteiger partial charge in [0.25, 0.3) is 5.91 Å². The van der Waals surface area contributed by atoms with Crippen molar-refractivity contribution >= 4 is 32.6 Å². The number of halogens is 1. The molecule has 164 valence electrons. The van der Waals surface area contributed by atoms with Gasteiger partial charge in [-0.15, -0.1) is 0 Å². The van der Waals surface area contributed by atoms with Crippen molar-refractivity contribution in [1.29, 1.82) is 0 Å². The summed E-state index contributed by atoms with van der Waals surface area (Å²) in [5.74, 6) is 0.371. The zero-order valence-corrected chi connectivity index (χ0v) is 18.6. The van der Waals surface area contributed by atoms with Crippen LogP contribution in [0.2, 0.25) is 0 Å². The summed E-state index contributed by atoms with van der Waals surface area (Å²) in [5.41, 5.74) is 1.48. The number of thiazole rings is 1. The topological polar surface area (TPSA) is 60.9 Å². The SMILES string of the molecule is COc1cc(C(=O)N(Cc2ccccc2)c2nc3c(F)cccc3s2)cc(OC)c1OC. The molecule has 0 aliphatic heterocycles. The Hall–Kier alpha value is -3.65. The maximum atomic E-state index is 14.3. The van der Waals surface area contributed by atoms with Crippen LogP contribution >= 0.6 is 11.3 Å². The average molecular weight is 453 g/mol. The van der Waals surface area contributed by atoms with Gasteiger partial charge in [0.2, 0.25) is 5.75 Å². The third-order valence-corrected chi connectivity index (χ3v) is 5.97. The molecule has 4 aromatic rings. The van der Waals surface area contributed by atoms with Crippen molar-refractivity contribution in [2.24, 2.45) is 0 Å². The van der Waals surface area contributed by atoms with E-state index in [9.17, 15) is 9.18 Å². The number of ether oxygens (including phenoxy) is 3. The van der Waals surface area contributed by atoms with E-state index in [0.717, 1.165) is 5.56 Å². The van der Waals surface area contributed by atoms with Crippen molar-refractivity contribution in [2.45, 2.75) is 6.54 Å². The van der Waals surface area contributed by atoms with Crippen LogP contribution in [0, 0.1) is 5.82 Å². The van der Waals surface area contributed by atoms with Gasteiger partial charge >= 0.3 is 0 Å². The smallest absolute Gasteiger partial charge is 0.260 e. The van der Waals surface area contributed by atoms with Crippen LogP contribution in [0.3, 0.4) is 0 Å². The monoisotopic (exact) mass is 452 g/mol. The van der Waals surface area contributed by atoms with Crippen LogP contribution in [-0.2, 0) is 6.54 Å². The number of para-hydroxylation sites is 1. The fourth-order valence-corrected chi connectivity index (χ4v) is 4.35. The first-order chi connectivity index (χ1) is 15.5. The highest BCUT2D eigenvalue weighted by Gasteiger charge is 2.25. The minimum absolute atomic E-state index is 0.239. The van der Waals surface area contributed by atoms with Crippen LogP contribution in [0.5, 0.6) is 17.2 Å². The van der Waals surface area contributed by atoms with Crippen LogP contribution in [0.25, 0.3) is 10.2 Å². The van der Waals surface area contributed by atoms with Crippen molar-refractivity contribution in [3.8, 4) is 17.2 Å². The molecule has 1 amide bonds. The zero-order chi connectivity index (χ0) is 22.7.